The molecule has 9 heteroatoms. The highest BCUT2D eigenvalue weighted by Gasteiger charge is 2.16. The molecule has 0 radical (unpaired) electrons. The van der Waals surface area contributed by atoms with Crippen molar-refractivity contribution in [3.05, 3.63) is 125 Å². The van der Waals surface area contributed by atoms with Crippen molar-refractivity contribution in [1.29, 1.82) is 0 Å². The van der Waals surface area contributed by atoms with Crippen LogP contribution in [0.1, 0.15) is 52.8 Å². The van der Waals surface area contributed by atoms with Gasteiger partial charge in [-0.2, -0.15) is 0 Å². The van der Waals surface area contributed by atoms with Gasteiger partial charge in [0.1, 0.15) is 22.8 Å². The molecule has 0 atom stereocenters. The Bertz CT molecular complexity index is 2050. The highest BCUT2D eigenvalue weighted by atomic mass is 16.5. The van der Waals surface area contributed by atoms with Gasteiger partial charge in [0.25, 0.3) is 5.91 Å². The monoisotopic (exact) mass is 673 g/mol. The molecule has 0 aliphatic rings. The van der Waals surface area contributed by atoms with Crippen LogP contribution in [0.2, 0.25) is 0 Å². The predicted molar refractivity (Wildman–Crippen MR) is 196 cm³/mol. The lowest BCUT2D eigenvalue weighted by atomic mass is 10.0. The first-order valence-corrected chi connectivity index (χ1v) is 17.1. The van der Waals surface area contributed by atoms with Crippen molar-refractivity contribution in [3.63, 3.8) is 0 Å². The summed E-state index contributed by atoms with van der Waals surface area (Å²) in [6.07, 6.45) is 5.33. The Hall–Kier alpha value is -5.70. The number of hydrogen-bond acceptors (Lipinski definition) is 7. The SMILES string of the molecule is COc1cccc(Cc2oc3ccc(NCCCCOc4ccc5cccc(CCNC(=O)c6ccco6)c5c4)cc3c2CCNC(C)=O)c1. The van der Waals surface area contributed by atoms with Gasteiger partial charge in [0.05, 0.1) is 20.0 Å². The Kier molecular flexibility index (Phi) is 11.4. The lowest BCUT2D eigenvalue weighted by Crippen LogP contribution is -2.25. The number of unbranched alkanes of at least 4 members (excludes halogenated alkanes) is 1. The molecule has 0 fully saturated rings. The summed E-state index contributed by atoms with van der Waals surface area (Å²) in [6.45, 7) is 3.99. The summed E-state index contributed by atoms with van der Waals surface area (Å²) in [5.41, 5.74) is 5.20. The lowest BCUT2D eigenvalue weighted by molar-refractivity contribution is -0.118. The van der Waals surface area contributed by atoms with Crippen molar-refractivity contribution < 1.29 is 27.9 Å². The lowest BCUT2D eigenvalue weighted by Gasteiger charge is -2.11. The smallest absolute Gasteiger partial charge is 0.286 e. The molecule has 50 heavy (non-hydrogen) atoms. The molecule has 258 valence electrons. The number of furan rings is 2. The number of ether oxygens (including phenoxy) is 2. The van der Waals surface area contributed by atoms with E-state index in [-0.39, 0.29) is 11.8 Å². The molecule has 0 aliphatic heterocycles. The van der Waals surface area contributed by atoms with Crippen LogP contribution >= 0.6 is 0 Å². The number of fused-ring (bicyclic) bond motifs is 2. The van der Waals surface area contributed by atoms with Gasteiger partial charge in [-0.15, -0.1) is 0 Å². The van der Waals surface area contributed by atoms with Gasteiger partial charge in [-0.05, 0) is 102 Å². The summed E-state index contributed by atoms with van der Waals surface area (Å²) in [5, 5.41) is 12.7. The zero-order valence-electron chi connectivity index (χ0n) is 28.6. The van der Waals surface area contributed by atoms with Gasteiger partial charge in [-0.25, -0.2) is 0 Å². The average molecular weight is 674 g/mol. The van der Waals surface area contributed by atoms with Crippen molar-refractivity contribution >= 4 is 39.2 Å². The molecule has 0 aliphatic carbocycles. The van der Waals surface area contributed by atoms with Crippen LogP contribution in [0.4, 0.5) is 5.69 Å². The molecule has 0 unspecified atom stereocenters. The minimum absolute atomic E-state index is 0.0481. The van der Waals surface area contributed by atoms with E-state index in [1.807, 2.05) is 42.5 Å². The number of hydrogen-bond donors (Lipinski definition) is 3. The quantitative estimate of drug-likeness (QED) is 0.0851. The van der Waals surface area contributed by atoms with E-state index in [1.165, 1.54) is 13.2 Å². The second-order valence-electron chi connectivity index (χ2n) is 12.2. The van der Waals surface area contributed by atoms with Gasteiger partial charge in [0.2, 0.25) is 5.91 Å². The van der Waals surface area contributed by atoms with Gasteiger partial charge in [-0.3, -0.25) is 9.59 Å². The Labute approximate surface area is 291 Å². The average Bonchev–Trinajstić information content (AvgIpc) is 3.78. The van der Waals surface area contributed by atoms with E-state index in [1.54, 1.807) is 19.2 Å². The van der Waals surface area contributed by atoms with Crippen LogP contribution in [0.3, 0.4) is 0 Å². The van der Waals surface area contributed by atoms with Gasteiger partial charge in [-0.1, -0.05) is 36.4 Å². The molecule has 6 aromatic rings. The molecule has 2 amide bonds. The Morgan fingerprint density at radius 3 is 2.50 bits per heavy atom. The van der Waals surface area contributed by atoms with Gasteiger partial charge in [0.15, 0.2) is 5.76 Å². The number of carbonyl (C=O) groups is 2. The van der Waals surface area contributed by atoms with E-state index < -0.39 is 0 Å². The molecule has 0 saturated heterocycles. The van der Waals surface area contributed by atoms with Crippen LogP contribution in [0, 0.1) is 0 Å². The summed E-state index contributed by atoms with van der Waals surface area (Å²) in [6, 6.07) is 29.9. The standard InChI is InChI=1S/C41H43N3O6/c1-28(45)42-21-18-35-37-26-32(14-16-38(37)50-40(35)25-29-8-5-11-33(24-29)47-2)43-19-3-4-22-48-34-15-13-30-9-6-10-31(36(30)27-34)17-20-44-41(46)39-12-7-23-49-39/h5-16,23-24,26-27,43H,3-4,17-22,25H2,1-2H3,(H,42,45)(H,44,46). The summed E-state index contributed by atoms with van der Waals surface area (Å²) in [7, 11) is 1.67. The van der Waals surface area contributed by atoms with Crippen molar-refractivity contribution in [3.8, 4) is 11.5 Å². The van der Waals surface area contributed by atoms with E-state index in [0.717, 1.165) is 80.8 Å². The first-order valence-electron chi connectivity index (χ1n) is 17.1. The normalized spacial score (nSPS) is 11.1. The maximum Gasteiger partial charge on any atom is 0.286 e. The molecular weight excluding hydrogens is 630 g/mol. The van der Waals surface area contributed by atoms with Crippen LogP contribution < -0.4 is 25.4 Å². The van der Waals surface area contributed by atoms with E-state index in [4.69, 9.17) is 18.3 Å². The zero-order valence-corrected chi connectivity index (χ0v) is 28.6. The summed E-state index contributed by atoms with van der Waals surface area (Å²) in [5.74, 6) is 2.59. The molecule has 6 rings (SSSR count). The third kappa shape index (κ3) is 8.85. The number of benzene rings is 4. The van der Waals surface area contributed by atoms with Gasteiger partial charge in [0, 0.05) is 49.6 Å². The highest BCUT2D eigenvalue weighted by Crippen LogP contribution is 2.31. The Morgan fingerprint density at radius 1 is 0.780 bits per heavy atom. The Balaban J connectivity index is 1.02. The molecule has 2 aromatic heterocycles. The molecule has 3 N–H and O–H groups in total. The number of amides is 2. The van der Waals surface area contributed by atoms with Crippen LogP contribution in [0.5, 0.6) is 11.5 Å². The van der Waals surface area contributed by atoms with E-state index >= 15 is 0 Å². The Morgan fingerprint density at radius 2 is 1.66 bits per heavy atom. The summed E-state index contributed by atoms with van der Waals surface area (Å²) >= 11 is 0. The number of carbonyl (C=O) groups excluding carboxylic acids is 2. The number of nitrogens with one attached hydrogen (secondary N) is 3. The first-order chi connectivity index (χ1) is 24.5. The number of anilines is 1. The van der Waals surface area contributed by atoms with Crippen molar-refractivity contribution in [1.82, 2.24) is 10.6 Å². The highest BCUT2D eigenvalue weighted by molar-refractivity contribution is 5.91. The van der Waals surface area contributed by atoms with Crippen molar-refractivity contribution in [2.45, 2.75) is 39.0 Å². The van der Waals surface area contributed by atoms with Crippen LogP contribution in [0.25, 0.3) is 21.7 Å². The summed E-state index contributed by atoms with van der Waals surface area (Å²) < 4.78 is 23.1. The van der Waals surface area contributed by atoms with Crippen molar-refractivity contribution in [2.24, 2.45) is 0 Å². The fourth-order valence-corrected chi connectivity index (χ4v) is 6.14. The fraction of sp³-hybridized carbons (Fsp3) is 0.268. The van der Waals surface area contributed by atoms with Gasteiger partial charge >= 0.3 is 0 Å². The molecule has 0 bridgehead atoms. The zero-order chi connectivity index (χ0) is 34.7. The van der Waals surface area contributed by atoms with Crippen LogP contribution in [-0.2, 0) is 24.1 Å². The van der Waals surface area contributed by atoms with Crippen LogP contribution in [0.15, 0.2) is 106 Å². The van der Waals surface area contributed by atoms with E-state index in [2.05, 4.69) is 52.3 Å². The first kappa shape index (κ1) is 34.2. The molecular formula is C41H43N3O6. The number of rotatable bonds is 17. The summed E-state index contributed by atoms with van der Waals surface area (Å²) in [4.78, 5) is 23.8. The molecule has 9 nitrogen and oxygen atoms in total. The third-order valence-corrected chi connectivity index (χ3v) is 8.66. The molecule has 4 aromatic carbocycles. The van der Waals surface area contributed by atoms with E-state index in [0.29, 0.717) is 44.7 Å². The maximum atomic E-state index is 12.2. The third-order valence-electron chi connectivity index (χ3n) is 8.66. The minimum Gasteiger partial charge on any atom is -0.497 e. The second kappa shape index (κ2) is 16.6. The second-order valence-corrected chi connectivity index (χ2v) is 12.2. The minimum atomic E-state index is -0.214. The molecule has 2 heterocycles. The molecule has 0 spiro atoms. The topological polar surface area (TPSA) is 115 Å². The largest absolute Gasteiger partial charge is 0.497 e. The van der Waals surface area contributed by atoms with Crippen molar-refractivity contribution in [2.75, 3.05) is 38.7 Å². The number of methoxy groups -OCH3 is 1. The molecule has 0 saturated carbocycles. The van der Waals surface area contributed by atoms with Crippen LogP contribution in [-0.4, -0.2) is 45.2 Å². The predicted octanol–water partition coefficient (Wildman–Crippen LogP) is 7.70. The van der Waals surface area contributed by atoms with E-state index in [9.17, 15) is 9.59 Å². The van der Waals surface area contributed by atoms with Gasteiger partial charge < -0.3 is 34.3 Å². The fourth-order valence-electron chi connectivity index (χ4n) is 6.14. The maximum absolute atomic E-state index is 12.2.